The van der Waals surface area contributed by atoms with Crippen LogP contribution in [0.3, 0.4) is 0 Å². The van der Waals surface area contributed by atoms with Crippen molar-refractivity contribution in [3.63, 3.8) is 0 Å². The third-order valence-corrected chi connectivity index (χ3v) is 7.55. The second-order valence-electron chi connectivity index (χ2n) is 9.30. The topological polar surface area (TPSA) is 9.23 Å². The first-order valence-corrected chi connectivity index (χ1v) is 11.6. The molecule has 2 saturated carbocycles. The standard InChI is InChI=1S/C25H38F2O/c1-3-5-18-8-12-20(13-9-18)21-14-10-19(11-15-21)6-4-7-22-16-17-23(28-2)25(27)24(22)26/h16-21H,3-15H2,1-2H3. The van der Waals surface area contributed by atoms with E-state index in [0.29, 0.717) is 12.0 Å². The van der Waals surface area contributed by atoms with E-state index in [9.17, 15) is 8.78 Å². The van der Waals surface area contributed by atoms with Gasteiger partial charge in [-0.05, 0) is 73.8 Å². The number of rotatable bonds is 8. The molecule has 2 aliphatic carbocycles. The fourth-order valence-corrected chi connectivity index (χ4v) is 5.81. The van der Waals surface area contributed by atoms with E-state index in [1.165, 1.54) is 77.4 Å². The highest BCUT2D eigenvalue weighted by Crippen LogP contribution is 2.43. The molecule has 0 aromatic heterocycles. The van der Waals surface area contributed by atoms with E-state index in [1.807, 2.05) is 0 Å². The third kappa shape index (κ3) is 5.48. The molecule has 28 heavy (non-hydrogen) atoms. The monoisotopic (exact) mass is 392 g/mol. The molecule has 0 unspecified atom stereocenters. The van der Waals surface area contributed by atoms with Crippen LogP contribution >= 0.6 is 0 Å². The Hall–Kier alpha value is -1.12. The van der Waals surface area contributed by atoms with E-state index < -0.39 is 11.6 Å². The van der Waals surface area contributed by atoms with Crippen molar-refractivity contribution in [2.45, 2.75) is 90.4 Å². The predicted molar refractivity (Wildman–Crippen MR) is 112 cm³/mol. The minimum Gasteiger partial charge on any atom is -0.494 e. The quantitative estimate of drug-likeness (QED) is 0.440. The summed E-state index contributed by atoms with van der Waals surface area (Å²) in [5.74, 6) is 2.11. The van der Waals surface area contributed by atoms with E-state index in [0.717, 1.165) is 36.5 Å². The van der Waals surface area contributed by atoms with Gasteiger partial charge in [-0.1, -0.05) is 57.9 Å². The van der Waals surface area contributed by atoms with Crippen molar-refractivity contribution in [3.05, 3.63) is 29.3 Å². The van der Waals surface area contributed by atoms with Crippen molar-refractivity contribution in [3.8, 4) is 5.75 Å². The van der Waals surface area contributed by atoms with Gasteiger partial charge in [-0.15, -0.1) is 0 Å². The van der Waals surface area contributed by atoms with Crippen LogP contribution in [0.25, 0.3) is 0 Å². The van der Waals surface area contributed by atoms with E-state index in [2.05, 4.69) is 6.92 Å². The third-order valence-electron chi connectivity index (χ3n) is 7.55. The Kier molecular flexibility index (Phi) is 8.17. The molecule has 0 radical (unpaired) electrons. The number of methoxy groups -OCH3 is 1. The molecule has 0 atom stereocenters. The van der Waals surface area contributed by atoms with Gasteiger partial charge in [-0.2, -0.15) is 4.39 Å². The van der Waals surface area contributed by atoms with Crippen molar-refractivity contribution in [1.82, 2.24) is 0 Å². The van der Waals surface area contributed by atoms with E-state index >= 15 is 0 Å². The summed E-state index contributed by atoms with van der Waals surface area (Å²) in [6.45, 7) is 2.31. The Morgan fingerprint density at radius 3 is 1.93 bits per heavy atom. The molecule has 1 nitrogen and oxygen atoms in total. The maximum Gasteiger partial charge on any atom is 0.200 e. The summed E-state index contributed by atoms with van der Waals surface area (Å²) in [5, 5.41) is 0. The molecule has 1 aromatic carbocycles. The molecule has 1 aromatic rings. The van der Waals surface area contributed by atoms with Crippen molar-refractivity contribution in [2.24, 2.45) is 23.7 Å². The lowest BCUT2D eigenvalue weighted by Gasteiger charge is -2.38. The molecule has 0 amide bonds. The Balaban J connectivity index is 1.37. The molecule has 2 fully saturated rings. The second-order valence-corrected chi connectivity index (χ2v) is 9.30. The SMILES string of the molecule is CCCC1CCC(C2CCC(CCCc3ccc(OC)c(F)c3F)CC2)CC1. The summed E-state index contributed by atoms with van der Waals surface area (Å²) in [5.41, 5.74) is 0.482. The minimum atomic E-state index is -0.853. The molecule has 0 bridgehead atoms. The lowest BCUT2D eigenvalue weighted by molar-refractivity contribution is 0.140. The molecule has 3 heteroatoms. The first-order chi connectivity index (χ1) is 13.6. The fourth-order valence-electron chi connectivity index (χ4n) is 5.81. The first-order valence-electron chi connectivity index (χ1n) is 11.6. The Bertz CT molecular complexity index is 599. The Morgan fingerprint density at radius 1 is 0.821 bits per heavy atom. The highest BCUT2D eigenvalue weighted by molar-refractivity contribution is 5.31. The van der Waals surface area contributed by atoms with Crippen molar-refractivity contribution >= 4 is 0 Å². The summed E-state index contributed by atoms with van der Waals surface area (Å²) in [6, 6.07) is 3.21. The van der Waals surface area contributed by atoms with Crippen molar-refractivity contribution in [1.29, 1.82) is 0 Å². The van der Waals surface area contributed by atoms with Crippen LogP contribution in [0.1, 0.15) is 89.5 Å². The van der Waals surface area contributed by atoms with Crippen LogP contribution < -0.4 is 4.74 Å². The zero-order valence-corrected chi connectivity index (χ0v) is 17.8. The predicted octanol–water partition coefficient (Wildman–Crippen LogP) is 7.71. The zero-order valence-electron chi connectivity index (χ0n) is 17.8. The van der Waals surface area contributed by atoms with Crippen LogP contribution in [-0.2, 0) is 6.42 Å². The van der Waals surface area contributed by atoms with Gasteiger partial charge in [0, 0.05) is 0 Å². The number of ether oxygens (including phenoxy) is 1. The summed E-state index contributed by atoms with van der Waals surface area (Å²) in [7, 11) is 1.37. The number of benzene rings is 1. The average molecular weight is 393 g/mol. The number of halogens is 2. The highest BCUT2D eigenvalue weighted by atomic mass is 19.2. The Morgan fingerprint density at radius 2 is 1.39 bits per heavy atom. The second kappa shape index (κ2) is 10.6. The molecule has 0 saturated heterocycles. The fraction of sp³-hybridized carbons (Fsp3) is 0.760. The molecule has 0 heterocycles. The first kappa shape index (κ1) is 21.6. The van der Waals surface area contributed by atoms with Gasteiger partial charge in [0.25, 0.3) is 0 Å². The maximum absolute atomic E-state index is 14.1. The van der Waals surface area contributed by atoms with Crippen molar-refractivity contribution in [2.75, 3.05) is 7.11 Å². The largest absolute Gasteiger partial charge is 0.494 e. The van der Waals surface area contributed by atoms with Gasteiger partial charge in [0.15, 0.2) is 11.6 Å². The summed E-state index contributed by atoms with van der Waals surface area (Å²) >= 11 is 0. The zero-order chi connectivity index (χ0) is 19.9. The highest BCUT2D eigenvalue weighted by Gasteiger charge is 2.30. The molecule has 0 spiro atoms. The lowest BCUT2D eigenvalue weighted by Crippen LogP contribution is -2.25. The van der Waals surface area contributed by atoms with Gasteiger partial charge in [0.2, 0.25) is 5.82 Å². The minimum absolute atomic E-state index is 0.0108. The molecule has 158 valence electrons. The molecule has 0 N–H and O–H groups in total. The molecular formula is C25H38F2O. The maximum atomic E-state index is 14.1. The molecule has 0 aliphatic heterocycles. The van der Waals surface area contributed by atoms with Crippen LogP contribution in [0.2, 0.25) is 0 Å². The Labute approximate surface area is 170 Å². The van der Waals surface area contributed by atoms with Crippen LogP contribution in [0, 0.1) is 35.3 Å². The summed E-state index contributed by atoms with van der Waals surface area (Å²) in [4.78, 5) is 0. The van der Waals surface area contributed by atoms with Crippen LogP contribution in [0.5, 0.6) is 5.75 Å². The number of hydrogen-bond acceptors (Lipinski definition) is 1. The van der Waals surface area contributed by atoms with Gasteiger partial charge >= 0.3 is 0 Å². The van der Waals surface area contributed by atoms with E-state index in [-0.39, 0.29) is 5.75 Å². The summed E-state index contributed by atoms with van der Waals surface area (Å²) in [6.07, 6.45) is 16.8. The van der Waals surface area contributed by atoms with Crippen LogP contribution in [0.15, 0.2) is 12.1 Å². The average Bonchev–Trinajstić information content (AvgIpc) is 2.73. The van der Waals surface area contributed by atoms with Gasteiger partial charge in [0.05, 0.1) is 7.11 Å². The normalized spacial score (nSPS) is 28.3. The van der Waals surface area contributed by atoms with E-state index in [1.54, 1.807) is 6.07 Å². The van der Waals surface area contributed by atoms with Gasteiger partial charge in [0.1, 0.15) is 0 Å². The van der Waals surface area contributed by atoms with Gasteiger partial charge < -0.3 is 4.74 Å². The van der Waals surface area contributed by atoms with E-state index in [4.69, 9.17) is 4.74 Å². The molecule has 3 rings (SSSR count). The number of hydrogen-bond donors (Lipinski definition) is 0. The number of aryl methyl sites for hydroxylation is 1. The van der Waals surface area contributed by atoms with Crippen LogP contribution in [0.4, 0.5) is 8.78 Å². The summed E-state index contributed by atoms with van der Waals surface area (Å²) < 4.78 is 32.8. The van der Waals surface area contributed by atoms with Gasteiger partial charge in [-0.3, -0.25) is 0 Å². The van der Waals surface area contributed by atoms with Crippen molar-refractivity contribution < 1.29 is 13.5 Å². The molecular weight excluding hydrogens is 354 g/mol. The van der Waals surface area contributed by atoms with Gasteiger partial charge in [-0.25, -0.2) is 4.39 Å². The lowest BCUT2D eigenvalue weighted by atomic mass is 9.68. The molecule has 2 aliphatic rings. The van der Waals surface area contributed by atoms with Crippen LogP contribution in [-0.4, -0.2) is 7.11 Å². The smallest absolute Gasteiger partial charge is 0.200 e.